The summed E-state index contributed by atoms with van der Waals surface area (Å²) in [6.45, 7) is 1.72. The zero-order valence-corrected chi connectivity index (χ0v) is 12.2. The largest absolute Gasteiger partial charge is 0.481 e. The molecule has 0 aromatic heterocycles. The molecule has 0 bridgehead atoms. The predicted molar refractivity (Wildman–Crippen MR) is 70.5 cm³/mol. The summed E-state index contributed by atoms with van der Waals surface area (Å²) in [6, 6.07) is 3.13. The fourth-order valence-electron chi connectivity index (χ4n) is 2.23. The molecular formula is C12H13ClFNO4S. The van der Waals surface area contributed by atoms with Crippen LogP contribution in [0.2, 0.25) is 5.02 Å². The maximum Gasteiger partial charge on any atom is 0.308 e. The standard InChI is InChI=1S/C12H13ClFNO4S/c1-7-5-15(6-9(7)12(16)17)20(18,19)8-2-3-11(14)10(13)4-8/h2-4,7,9H,5-6H2,1H3,(H,16,17)/t7-,9-/m1/s1. The first-order chi connectivity index (χ1) is 9.23. The Balaban J connectivity index is 2.32. The van der Waals surface area contributed by atoms with Crippen LogP contribution in [0.3, 0.4) is 0 Å². The molecule has 0 radical (unpaired) electrons. The lowest BCUT2D eigenvalue weighted by atomic mass is 9.99. The number of nitrogens with zero attached hydrogens (tertiary/aromatic N) is 1. The third kappa shape index (κ3) is 2.65. The van der Waals surface area contributed by atoms with Crippen molar-refractivity contribution in [3.05, 3.63) is 29.0 Å². The molecule has 1 aliphatic rings. The van der Waals surface area contributed by atoms with Crippen LogP contribution in [0.4, 0.5) is 4.39 Å². The van der Waals surface area contributed by atoms with Gasteiger partial charge >= 0.3 is 5.97 Å². The SMILES string of the molecule is C[C@@H]1CN(S(=O)(=O)c2ccc(F)c(Cl)c2)C[C@H]1C(=O)O. The predicted octanol–water partition coefficient (Wildman–Crippen LogP) is 1.82. The highest BCUT2D eigenvalue weighted by Gasteiger charge is 2.40. The van der Waals surface area contributed by atoms with Crippen LogP contribution in [0, 0.1) is 17.7 Å². The van der Waals surface area contributed by atoms with Crippen molar-refractivity contribution in [3.8, 4) is 0 Å². The van der Waals surface area contributed by atoms with E-state index in [0.29, 0.717) is 0 Å². The van der Waals surface area contributed by atoms with Gasteiger partial charge in [0.1, 0.15) is 5.82 Å². The highest BCUT2D eigenvalue weighted by atomic mass is 35.5. The zero-order chi connectivity index (χ0) is 15.1. The lowest BCUT2D eigenvalue weighted by Gasteiger charge is -2.16. The molecule has 8 heteroatoms. The Morgan fingerprint density at radius 1 is 1.45 bits per heavy atom. The molecule has 1 N–H and O–H groups in total. The van der Waals surface area contributed by atoms with Crippen LogP contribution in [0.25, 0.3) is 0 Å². The molecular weight excluding hydrogens is 309 g/mol. The molecule has 110 valence electrons. The van der Waals surface area contributed by atoms with Crippen LogP contribution in [0.15, 0.2) is 23.1 Å². The molecule has 5 nitrogen and oxygen atoms in total. The monoisotopic (exact) mass is 321 g/mol. The van der Waals surface area contributed by atoms with Gasteiger partial charge in [0.2, 0.25) is 10.0 Å². The van der Waals surface area contributed by atoms with Gasteiger partial charge in [-0.15, -0.1) is 0 Å². The second kappa shape index (κ2) is 5.31. The van der Waals surface area contributed by atoms with Crippen LogP contribution in [0.1, 0.15) is 6.92 Å². The fourth-order valence-corrected chi connectivity index (χ4v) is 4.06. The van der Waals surface area contributed by atoms with Crippen molar-refractivity contribution in [1.29, 1.82) is 0 Å². The minimum absolute atomic E-state index is 0.0895. The summed E-state index contributed by atoms with van der Waals surface area (Å²) in [5, 5.41) is 8.74. The van der Waals surface area contributed by atoms with E-state index in [0.717, 1.165) is 22.5 Å². The summed E-state index contributed by atoms with van der Waals surface area (Å²) in [7, 11) is -3.86. The average Bonchev–Trinajstić information content (AvgIpc) is 2.75. The van der Waals surface area contributed by atoms with E-state index in [4.69, 9.17) is 16.7 Å². The molecule has 2 atom stereocenters. The lowest BCUT2D eigenvalue weighted by Crippen LogP contribution is -2.30. The van der Waals surface area contributed by atoms with Gasteiger partial charge in [0.15, 0.2) is 0 Å². The Morgan fingerprint density at radius 2 is 2.10 bits per heavy atom. The molecule has 0 spiro atoms. The maximum absolute atomic E-state index is 13.1. The zero-order valence-electron chi connectivity index (χ0n) is 10.6. The van der Waals surface area contributed by atoms with Gasteiger partial charge in [-0.3, -0.25) is 4.79 Å². The molecule has 1 saturated heterocycles. The number of carboxylic acid groups (broad SMARTS) is 1. The van der Waals surface area contributed by atoms with Crippen LogP contribution >= 0.6 is 11.6 Å². The Labute approximate surface area is 121 Å². The first-order valence-corrected chi connectivity index (χ1v) is 7.73. The summed E-state index contributed by atoms with van der Waals surface area (Å²) < 4.78 is 38.9. The molecule has 1 aliphatic heterocycles. The Kier molecular flexibility index (Phi) is 4.04. The molecule has 0 aliphatic carbocycles. The molecule has 0 unspecified atom stereocenters. The minimum atomic E-state index is -3.86. The minimum Gasteiger partial charge on any atom is -0.481 e. The highest BCUT2D eigenvalue weighted by Crippen LogP contribution is 2.30. The van der Waals surface area contributed by atoms with Gasteiger partial charge < -0.3 is 5.11 Å². The van der Waals surface area contributed by atoms with Crippen molar-refractivity contribution in [2.75, 3.05) is 13.1 Å². The molecule has 2 rings (SSSR count). The molecule has 0 amide bonds. The quantitative estimate of drug-likeness (QED) is 0.921. The lowest BCUT2D eigenvalue weighted by molar-refractivity contribution is -0.142. The van der Waals surface area contributed by atoms with Crippen LogP contribution < -0.4 is 0 Å². The van der Waals surface area contributed by atoms with E-state index in [1.54, 1.807) is 6.92 Å². The molecule has 20 heavy (non-hydrogen) atoms. The second-order valence-corrected chi connectivity index (χ2v) is 7.17. The first-order valence-electron chi connectivity index (χ1n) is 5.91. The van der Waals surface area contributed by atoms with Gasteiger partial charge in [0.25, 0.3) is 0 Å². The van der Waals surface area contributed by atoms with Crippen molar-refractivity contribution in [1.82, 2.24) is 4.31 Å². The first kappa shape index (κ1) is 15.2. The summed E-state index contributed by atoms with van der Waals surface area (Å²) >= 11 is 5.58. The molecule has 1 fully saturated rings. The normalized spacial score (nSPS) is 23.9. The number of benzene rings is 1. The third-order valence-electron chi connectivity index (χ3n) is 3.42. The number of hydrogen-bond donors (Lipinski definition) is 1. The van der Waals surface area contributed by atoms with E-state index in [1.807, 2.05) is 0 Å². The number of carboxylic acids is 1. The van der Waals surface area contributed by atoms with Gasteiger partial charge in [0.05, 0.1) is 15.8 Å². The highest BCUT2D eigenvalue weighted by molar-refractivity contribution is 7.89. The summed E-state index contributed by atoms with van der Waals surface area (Å²) in [6.07, 6.45) is 0. The number of sulfonamides is 1. The topological polar surface area (TPSA) is 74.7 Å². The number of halogens is 2. The van der Waals surface area contributed by atoms with Crippen molar-refractivity contribution in [2.45, 2.75) is 11.8 Å². The maximum atomic E-state index is 13.1. The fraction of sp³-hybridized carbons (Fsp3) is 0.417. The van der Waals surface area contributed by atoms with Crippen molar-refractivity contribution in [2.24, 2.45) is 11.8 Å². The van der Waals surface area contributed by atoms with E-state index in [2.05, 4.69) is 0 Å². The van der Waals surface area contributed by atoms with Crippen LogP contribution in [-0.2, 0) is 14.8 Å². The van der Waals surface area contributed by atoms with Gasteiger partial charge in [-0.05, 0) is 24.1 Å². The number of hydrogen-bond acceptors (Lipinski definition) is 3. The number of aliphatic carboxylic acids is 1. The summed E-state index contributed by atoms with van der Waals surface area (Å²) in [4.78, 5) is 10.9. The average molecular weight is 322 g/mol. The van der Waals surface area contributed by atoms with Gasteiger partial charge in [-0.1, -0.05) is 18.5 Å². The second-order valence-electron chi connectivity index (χ2n) is 4.82. The van der Waals surface area contributed by atoms with E-state index < -0.39 is 27.7 Å². The van der Waals surface area contributed by atoms with Crippen LogP contribution in [-0.4, -0.2) is 36.9 Å². The summed E-state index contributed by atoms with van der Waals surface area (Å²) in [5.74, 6) is -2.74. The van der Waals surface area contributed by atoms with E-state index in [9.17, 15) is 17.6 Å². The number of carbonyl (C=O) groups is 1. The third-order valence-corrected chi connectivity index (χ3v) is 5.54. The number of rotatable bonds is 3. The van der Waals surface area contributed by atoms with Gasteiger partial charge in [-0.2, -0.15) is 4.31 Å². The van der Waals surface area contributed by atoms with Gasteiger partial charge in [-0.25, -0.2) is 12.8 Å². The Hall–Kier alpha value is -1.18. The van der Waals surface area contributed by atoms with E-state index in [-0.39, 0.29) is 28.9 Å². The Bertz CT molecular complexity index is 649. The van der Waals surface area contributed by atoms with Crippen molar-refractivity contribution >= 4 is 27.6 Å². The van der Waals surface area contributed by atoms with E-state index in [1.165, 1.54) is 0 Å². The van der Waals surface area contributed by atoms with Gasteiger partial charge in [0, 0.05) is 13.1 Å². The van der Waals surface area contributed by atoms with Crippen molar-refractivity contribution in [3.63, 3.8) is 0 Å². The Morgan fingerprint density at radius 3 is 2.60 bits per heavy atom. The molecule has 1 aromatic rings. The molecule has 0 saturated carbocycles. The molecule has 1 aromatic carbocycles. The summed E-state index contributed by atoms with van der Waals surface area (Å²) in [5.41, 5.74) is 0. The van der Waals surface area contributed by atoms with Crippen LogP contribution in [0.5, 0.6) is 0 Å². The van der Waals surface area contributed by atoms with E-state index >= 15 is 0 Å². The smallest absolute Gasteiger partial charge is 0.308 e. The molecule has 1 heterocycles. The van der Waals surface area contributed by atoms with Crippen molar-refractivity contribution < 1.29 is 22.7 Å².